The minimum atomic E-state index is -3.70. The third-order valence-electron chi connectivity index (χ3n) is 3.25. The van der Waals surface area contributed by atoms with E-state index in [4.69, 9.17) is 5.73 Å². The minimum absolute atomic E-state index is 0.106. The van der Waals surface area contributed by atoms with Crippen molar-refractivity contribution in [3.05, 3.63) is 23.5 Å². The lowest BCUT2D eigenvalue weighted by atomic mass is 10.2. The normalized spacial score (nSPS) is 13.9. The maximum absolute atomic E-state index is 13.6. The summed E-state index contributed by atoms with van der Waals surface area (Å²) in [5.74, 6) is -0.605. The zero-order valence-corrected chi connectivity index (χ0v) is 11.9. The monoisotopic (exact) mass is 274 g/mol. The largest absolute Gasteiger partial charge is 0.398 e. The summed E-state index contributed by atoms with van der Waals surface area (Å²) >= 11 is 0. The van der Waals surface area contributed by atoms with Crippen LogP contribution in [0.4, 0.5) is 10.1 Å². The second-order valence-electron chi connectivity index (χ2n) is 4.40. The van der Waals surface area contributed by atoms with Crippen LogP contribution in [-0.4, -0.2) is 25.8 Å². The van der Waals surface area contributed by atoms with Crippen LogP contribution < -0.4 is 5.73 Å². The topological polar surface area (TPSA) is 63.4 Å². The number of nitrogens with zero attached hydrogens (tertiary/aromatic N) is 1. The first-order valence-corrected chi connectivity index (χ1v) is 7.19. The number of hydrogen-bond donors (Lipinski definition) is 1. The molecule has 4 nitrogen and oxygen atoms in total. The maximum Gasteiger partial charge on any atom is 0.243 e. The Morgan fingerprint density at radius 3 is 2.44 bits per heavy atom. The number of nitrogens with two attached hydrogens (primary N) is 1. The highest BCUT2D eigenvalue weighted by Gasteiger charge is 2.25. The summed E-state index contributed by atoms with van der Waals surface area (Å²) in [7, 11) is -2.22. The molecule has 1 aromatic carbocycles. The van der Waals surface area contributed by atoms with Crippen LogP contribution in [0.5, 0.6) is 0 Å². The summed E-state index contributed by atoms with van der Waals surface area (Å²) in [5.41, 5.74) is 6.01. The molecule has 0 aliphatic rings. The molecular weight excluding hydrogens is 255 g/mol. The lowest BCUT2D eigenvalue weighted by Crippen LogP contribution is -2.34. The smallest absolute Gasteiger partial charge is 0.243 e. The fourth-order valence-corrected chi connectivity index (χ4v) is 2.97. The van der Waals surface area contributed by atoms with Crippen molar-refractivity contribution < 1.29 is 12.8 Å². The number of sulfonamides is 1. The second-order valence-corrected chi connectivity index (χ2v) is 6.40. The fourth-order valence-electron chi connectivity index (χ4n) is 1.48. The quantitative estimate of drug-likeness (QED) is 0.856. The van der Waals surface area contributed by atoms with E-state index in [1.165, 1.54) is 24.3 Å². The molecule has 0 saturated carbocycles. The van der Waals surface area contributed by atoms with E-state index in [0.29, 0.717) is 6.42 Å². The van der Waals surface area contributed by atoms with E-state index < -0.39 is 15.8 Å². The van der Waals surface area contributed by atoms with E-state index in [9.17, 15) is 12.8 Å². The highest BCUT2D eigenvalue weighted by molar-refractivity contribution is 7.89. The molecule has 1 atom stereocenters. The Hall–Kier alpha value is -1.14. The van der Waals surface area contributed by atoms with E-state index in [1.54, 1.807) is 6.92 Å². The summed E-state index contributed by atoms with van der Waals surface area (Å²) in [6, 6.07) is 2.16. The van der Waals surface area contributed by atoms with Gasteiger partial charge in [0.15, 0.2) is 0 Å². The van der Waals surface area contributed by atoms with Crippen molar-refractivity contribution in [3.63, 3.8) is 0 Å². The number of nitrogen functional groups attached to an aromatic ring is 1. The van der Waals surface area contributed by atoms with Gasteiger partial charge >= 0.3 is 0 Å². The summed E-state index contributed by atoms with van der Waals surface area (Å²) in [6.45, 7) is 5.20. The van der Waals surface area contributed by atoms with Crippen molar-refractivity contribution in [1.29, 1.82) is 0 Å². The van der Waals surface area contributed by atoms with Crippen LogP contribution in [0.25, 0.3) is 0 Å². The van der Waals surface area contributed by atoms with Gasteiger partial charge in [0.1, 0.15) is 5.82 Å². The molecule has 0 spiro atoms. The molecule has 2 N–H and O–H groups in total. The Bertz CT molecular complexity index is 520. The molecule has 0 radical (unpaired) electrons. The minimum Gasteiger partial charge on any atom is -0.398 e. The van der Waals surface area contributed by atoms with Gasteiger partial charge in [-0.1, -0.05) is 6.92 Å². The molecule has 18 heavy (non-hydrogen) atoms. The summed E-state index contributed by atoms with van der Waals surface area (Å²) in [5, 5.41) is 0. The van der Waals surface area contributed by atoms with E-state index in [0.717, 1.165) is 6.07 Å². The van der Waals surface area contributed by atoms with Crippen LogP contribution in [0.2, 0.25) is 0 Å². The summed E-state index contributed by atoms with van der Waals surface area (Å²) in [4.78, 5) is -0.106. The first kappa shape index (κ1) is 14.9. The molecule has 0 fully saturated rings. The third-order valence-corrected chi connectivity index (χ3v) is 5.20. The predicted molar refractivity (Wildman–Crippen MR) is 70.3 cm³/mol. The van der Waals surface area contributed by atoms with Gasteiger partial charge in [0.05, 0.1) is 4.90 Å². The van der Waals surface area contributed by atoms with Gasteiger partial charge in [-0.15, -0.1) is 0 Å². The number of hydrogen-bond acceptors (Lipinski definition) is 3. The van der Waals surface area contributed by atoms with E-state index in [2.05, 4.69) is 0 Å². The molecule has 1 unspecified atom stereocenters. The Kier molecular flexibility index (Phi) is 4.34. The highest BCUT2D eigenvalue weighted by atomic mass is 32.2. The lowest BCUT2D eigenvalue weighted by molar-refractivity contribution is 0.380. The van der Waals surface area contributed by atoms with Crippen LogP contribution in [-0.2, 0) is 10.0 Å². The highest BCUT2D eigenvalue weighted by Crippen LogP contribution is 2.24. The molecule has 0 saturated heterocycles. The molecule has 0 amide bonds. The first-order valence-electron chi connectivity index (χ1n) is 5.75. The average molecular weight is 274 g/mol. The molecule has 0 bridgehead atoms. The molecule has 102 valence electrons. The van der Waals surface area contributed by atoms with Crippen molar-refractivity contribution in [2.75, 3.05) is 12.8 Å². The average Bonchev–Trinajstić information content (AvgIpc) is 2.33. The van der Waals surface area contributed by atoms with Crippen LogP contribution in [0, 0.1) is 12.7 Å². The zero-order chi connectivity index (χ0) is 14.1. The van der Waals surface area contributed by atoms with Gasteiger partial charge in [-0.25, -0.2) is 12.8 Å². The Morgan fingerprint density at radius 1 is 1.44 bits per heavy atom. The molecular formula is C12H19FN2O2S. The summed E-state index contributed by atoms with van der Waals surface area (Å²) in [6.07, 6.45) is 0.680. The molecule has 0 aliphatic carbocycles. The van der Waals surface area contributed by atoms with E-state index >= 15 is 0 Å². The molecule has 0 aliphatic heterocycles. The molecule has 1 aromatic rings. The number of rotatable bonds is 4. The Morgan fingerprint density at radius 2 is 2.00 bits per heavy atom. The molecule has 0 aromatic heterocycles. The standard InChI is InChI=1S/C12H19FN2O2S/c1-5-8(2)15(4)18(16,17)10-6-11(13)9(3)12(14)7-10/h6-8H,5,14H2,1-4H3. The Labute approximate surface area is 108 Å². The number of benzene rings is 1. The first-order chi connectivity index (χ1) is 8.21. The van der Waals surface area contributed by atoms with Gasteiger partial charge in [-0.05, 0) is 32.4 Å². The maximum atomic E-state index is 13.6. The van der Waals surface area contributed by atoms with Crippen molar-refractivity contribution in [1.82, 2.24) is 4.31 Å². The van der Waals surface area contributed by atoms with Crippen LogP contribution in [0.15, 0.2) is 17.0 Å². The number of halogens is 1. The van der Waals surface area contributed by atoms with Gasteiger partial charge in [-0.3, -0.25) is 0 Å². The van der Waals surface area contributed by atoms with Crippen LogP contribution in [0.1, 0.15) is 25.8 Å². The SMILES string of the molecule is CCC(C)N(C)S(=O)(=O)c1cc(N)c(C)c(F)c1. The van der Waals surface area contributed by atoms with Gasteiger partial charge in [0.2, 0.25) is 10.0 Å². The van der Waals surface area contributed by atoms with Gasteiger partial charge in [-0.2, -0.15) is 4.31 Å². The second kappa shape index (κ2) is 5.24. The van der Waals surface area contributed by atoms with Crippen LogP contribution in [0.3, 0.4) is 0 Å². The van der Waals surface area contributed by atoms with Crippen molar-refractivity contribution in [2.24, 2.45) is 0 Å². The van der Waals surface area contributed by atoms with Crippen molar-refractivity contribution in [3.8, 4) is 0 Å². The molecule has 1 rings (SSSR count). The molecule has 0 heterocycles. The number of anilines is 1. The van der Waals surface area contributed by atoms with E-state index in [1.807, 2.05) is 6.92 Å². The van der Waals surface area contributed by atoms with Gasteiger partial charge in [0.25, 0.3) is 0 Å². The van der Waals surface area contributed by atoms with E-state index in [-0.39, 0.29) is 22.2 Å². The molecule has 6 heteroatoms. The van der Waals surface area contributed by atoms with Crippen molar-refractivity contribution in [2.45, 2.75) is 38.1 Å². The van der Waals surface area contributed by atoms with Crippen molar-refractivity contribution >= 4 is 15.7 Å². The van der Waals surface area contributed by atoms with Gasteiger partial charge in [0, 0.05) is 24.3 Å². The predicted octanol–water partition coefficient (Wildman–Crippen LogP) is 2.14. The zero-order valence-electron chi connectivity index (χ0n) is 11.1. The fraction of sp³-hybridized carbons (Fsp3) is 0.500. The summed E-state index contributed by atoms with van der Waals surface area (Å²) < 4.78 is 39.3. The van der Waals surface area contributed by atoms with Crippen LogP contribution >= 0.6 is 0 Å². The third kappa shape index (κ3) is 2.64. The van der Waals surface area contributed by atoms with Gasteiger partial charge < -0.3 is 5.73 Å². The lowest BCUT2D eigenvalue weighted by Gasteiger charge is -2.23. The Balaban J connectivity index is 3.29.